The number of rotatable bonds is 12. The third-order valence-corrected chi connectivity index (χ3v) is 5.16. The number of ether oxygens (including phenoxy) is 3. The van der Waals surface area contributed by atoms with Crippen molar-refractivity contribution in [2.24, 2.45) is 5.92 Å². The molecule has 0 saturated heterocycles. The maximum Gasteiger partial charge on any atom is 0.307 e. The van der Waals surface area contributed by atoms with Gasteiger partial charge in [-0.3, -0.25) is 14.4 Å². The normalized spacial score (nSPS) is 12.7. The van der Waals surface area contributed by atoms with Gasteiger partial charge < -0.3 is 24.8 Å². The lowest BCUT2D eigenvalue weighted by atomic mass is 9.98. The number of esters is 1. The zero-order valence-corrected chi connectivity index (χ0v) is 21.1. The van der Waals surface area contributed by atoms with E-state index < -0.39 is 29.4 Å². The number of carbonyl (C=O) groups is 3. The first-order valence-corrected chi connectivity index (χ1v) is 11.7. The Kier molecular flexibility index (Phi) is 10.6. The maximum atomic E-state index is 13.2. The molecule has 2 aromatic rings. The smallest absolute Gasteiger partial charge is 0.307 e. The molecule has 8 heteroatoms. The summed E-state index contributed by atoms with van der Waals surface area (Å²) in [5.41, 5.74) is 0.239. The molecule has 0 aliphatic heterocycles. The third kappa shape index (κ3) is 10.1. The van der Waals surface area contributed by atoms with Crippen molar-refractivity contribution < 1.29 is 28.6 Å². The van der Waals surface area contributed by atoms with Crippen molar-refractivity contribution in [3.05, 3.63) is 60.2 Å². The Morgan fingerprint density at radius 1 is 0.914 bits per heavy atom. The van der Waals surface area contributed by atoms with E-state index in [1.807, 2.05) is 30.3 Å². The maximum absolute atomic E-state index is 13.2. The average molecular weight is 485 g/mol. The predicted molar refractivity (Wildman–Crippen MR) is 133 cm³/mol. The van der Waals surface area contributed by atoms with E-state index in [-0.39, 0.29) is 25.4 Å². The molecule has 190 valence electrons. The summed E-state index contributed by atoms with van der Waals surface area (Å²) in [7, 11) is 3.10. The SMILES string of the molecule is CNC(=O)[C@H](Cc1ccccc1)NC(=O)[C@H](CCOc1ccc(OC)cc1)CC(=O)OC(C)(C)C. The molecule has 0 heterocycles. The number of hydrogen-bond acceptors (Lipinski definition) is 6. The summed E-state index contributed by atoms with van der Waals surface area (Å²) in [4.78, 5) is 38.2. The Hall–Kier alpha value is -3.55. The molecule has 0 saturated carbocycles. The van der Waals surface area contributed by atoms with Crippen LogP contribution in [0.4, 0.5) is 0 Å². The topological polar surface area (TPSA) is 103 Å². The van der Waals surface area contributed by atoms with Crippen molar-refractivity contribution in [1.82, 2.24) is 10.6 Å². The highest BCUT2D eigenvalue weighted by Crippen LogP contribution is 2.20. The van der Waals surface area contributed by atoms with Gasteiger partial charge in [-0.05, 0) is 57.0 Å². The molecule has 0 radical (unpaired) electrons. The van der Waals surface area contributed by atoms with Gasteiger partial charge in [0, 0.05) is 13.5 Å². The molecular formula is C27H36N2O6. The number of amides is 2. The summed E-state index contributed by atoms with van der Waals surface area (Å²) in [5, 5.41) is 5.41. The van der Waals surface area contributed by atoms with Gasteiger partial charge in [-0.1, -0.05) is 30.3 Å². The van der Waals surface area contributed by atoms with Crippen LogP contribution in [0.1, 0.15) is 39.2 Å². The number of likely N-dealkylation sites (N-methyl/N-ethyl adjacent to an activating group) is 1. The fourth-order valence-corrected chi connectivity index (χ4v) is 3.42. The van der Waals surface area contributed by atoms with E-state index in [0.29, 0.717) is 17.9 Å². The zero-order chi connectivity index (χ0) is 25.8. The van der Waals surface area contributed by atoms with Crippen LogP contribution in [-0.2, 0) is 25.5 Å². The van der Waals surface area contributed by atoms with Gasteiger partial charge in [0.05, 0.1) is 26.1 Å². The fraction of sp³-hybridized carbons (Fsp3) is 0.444. The molecule has 0 aliphatic carbocycles. The van der Waals surface area contributed by atoms with Gasteiger partial charge in [-0.15, -0.1) is 0 Å². The van der Waals surface area contributed by atoms with E-state index in [2.05, 4.69) is 10.6 Å². The first-order chi connectivity index (χ1) is 16.6. The molecule has 2 rings (SSSR count). The average Bonchev–Trinajstić information content (AvgIpc) is 2.82. The lowest BCUT2D eigenvalue weighted by Crippen LogP contribution is -2.49. The van der Waals surface area contributed by atoms with E-state index >= 15 is 0 Å². The van der Waals surface area contributed by atoms with Gasteiger partial charge in [0.2, 0.25) is 11.8 Å². The van der Waals surface area contributed by atoms with Crippen LogP contribution in [0.5, 0.6) is 11.5 Å². The lowest BCUT2D eigenvalue weighted by molar-refractivity contribution is -0.157. The Morgan fingerprint density at radius 3 is 2.11 bits per heavy atom. The summed E-state index contributed by atoms with van der Waals surface area (Å²) in [6, 6.07) is 15.7. The summed E-state index contributed by atoms with van der Waals surface area (Å²) in [6.07, 6.45) is 0.470. The first-order valence-electron chi connectivity index (χ1n) is 11.7. The molecule has 0 unspecified atom stereocenters. The molecule has 0 fully saturated rings. The number of hydrogen-bond donors (Lipinski definition) is 2. The fourth-order valence-electron chi connectivity index (χ4n) is 3.42. The molecule has 0 spiro atoms. The van der Waals surface area contributed by atoms with Gasteiger partial charge in [0.25, 0.3) is 0 Å². The minimum atomic E-state index is -0.779. The van der Waals surface area contributed by atoms with Crippen molar-refractivity contribution in [3.8, 4) is 11.5 Å². The minimum absolute atomic E-state index is 0.124. The Morgan fingerprint density at radius 2 is 1.54 bits per heavy atom. The van der Waals surface area contributed by atoms with Crippen LogP contribution >= 0.6 is 0 Å². The van der Waals surface area contributed by atoms with Crippen LogP contribution in [0.25, 0.3) is 0 Å². The van der Waals surface area contributed by atoms with Crippen molar-refractivity contribution in [2.45, 2.75) is 51.7 Å². The van der Waals surface area contributed by atoms with Crippen molar-refractivity contribution in [2.75, 3.05) is 20.8 Å². The van der Waals surface area contributed by atoms with E-state index in [1.54, 1.807) is 52.1 Å². The largest absolute Gasteiger partial charge is 0.497 e. The van der Waals surface area contributed by atoms with Crippen molar-refractivity contribution >= 4 is 17.8 Å². The Bertz CT molecular complexity index is 954. The van der Waals surface area contributed by atoms with Crippen LogP contribution in [0, 0.1) is 5.92 Å². The second-order valence-electron chi connectivity index (χ2n) is 9.17. The number of benzene rings is 2. The van der Waals surface area contributed by atoms with Crippen LogP contribution < -0.4 is 20.1 Å². The monoisotopic (exact) mass is 484 g/mol. The standard InChI is InChI=1S/C27H36N2O6/c1-27(2,3)35-24(30)18-20(15-16-34-22-13-11-21(33-5)12-14-22)25(31)29-23(26(32)28-4)17-19-9-7-6-8-10-19/h6-14,20,23H,15-18H2,1-5H3,(H,28,32)(H,29,31)/t20-,23+/m1/s1. The van der Waals surface area contributed by atoms with Crippen LogP contribution in [0.3, 0.4) is 0 Å². The number of carbonyl (C=O) groups excluding carboxylic acids is 3. The summed E-state index contributed by atoms with van der Waals surface area (Å²) in [5.74, 6) is -0.605. The molecule has 0 aliphatic rings. The quantitative estimate of drug-likeness (QED) is 0.448. The molecule has 35 heavy (non-hydrogen) atoms. The molecule has 2 aromatic carbocycles. The van der Waals surface area contributed by atoms with Gasteiger partial charge in [-0.25, -0.2) is 0 Å². The van der Waals surface area contributed by atoms with Crippen LogP contribution in [0.15, 0.2) is 54.6 Å². The number of nitrogens with one attached hydrogen (secondary N) is 2. The van der Waals surface area contributed by atoms with E-state index in [1.165, 1.54) is 7.05 Å². The summed E-state index contributed by atoms with van der Waals surface area (Å²) >= 11 is 0. The first kappa shape index (κ1) is 27.7. The second kappa shape index (κ2) is 13.4. The van der Waals surface area contributed by atoms with Crippen LogP contribution in [0.2, 0.25) is 0 Å². The molecule has 8 nitrogen and oxygen atoms in total. The molecule has 0 aromatic heterocycles. The van der Waals surface area contributed by atoms with E-state index in [0.717, 1.165) is 5.56 Å². The van der Waals surface area contributed by atoms with Gasteiger partial charge in [0.1, 0.15) is 23.1 Å². The highest BCUT2D eigenvalue weighted by atomic mass is 16.6. The second-order valence-corrected chi connectivity index (χ2v) is 9.17. The summed E-state index contributed by atoms with van der Waals surface area (Å²) < 4.78 is 16.3. The highest BCUT2D eigenvalue weighted by molar-refractivity contribution is 5.90. The predicted octanol–water partition coefficient (Wildman–Crippen LogP) is 3.29. The highest BCUT2D eigenvalue weighted by Gasteiger charge is 2.29. The van der Waals surface area contributed by atoms with Crippen LogP contribution in [-0.4, -0.2) is 50.2 Å². The molecule has 0 bridgehead atoms. The zero-order valence-electron chi connectivity index (χ0n) is 21.1. The van der Waals surface area contributed by atoms with Crippen molar-refractivity contribution in [1.29, 1.82) is 0 Å². The number of methoxy groups -OCH3 is 1. The summed E-state index contributed by atoms with van der Waals surface area (Å²) in [6.45, 7) is 5.52. The van der Waals surface area contributed by atoms with E-state index in [9.17, 15) is 14.4 Å². The van der Waals surface area contributed by atoms with Crippen molar-refractivity contribution in [3.63, 3.8) is 0 Å². The molecule has 2 amide bonds. The Labute approximate surface area is 207 Å². The lowest BCUT2D eigenvalue weighted by Gasteiger charge is -2.24. The van der Waals surface area contributed by atoms with Gasteiger partial charge in [-0.2, -0.15) is 0 Å². The molecule has 2 N–H and O–H groups in total. The van der Waals surface area contributed by atoms with Gasteiger partial charge in [0.15, 0.2) is 0 Å². The third-order valence-electron chi connectivity index (χ3n) is 5.16. The minimum Gasteiger partial charge on any atom is -0.497 e. The molecular weight excluding hydrogens is 448 g/mol. The van der Waals surface area contributed by atoms with Gasteiger partial charge >= 0.3 is 5.97 Å². The van der Waals surface area contributed by atoms with E-state index in [4.69, 9.17) is 14.2 Å². The Balaban J connectivity index is 2.09. The molecule has 2 atom stereocenters.